The van der Waals surface area contributed by atoms with Crippen molar-refractivity contribution in [3.05, 3.63) is 74.6 Å². The van der Waals surface area contributed by atoms with Crippen molar-refractivity contribution < 1.29 is 67.9 Å². The lowest BCUT2D eigenvalue weighted by atomic mass is 9.82. The van der Waals surface area contributed by atoms with Crippen LogP contribution in [0.4, 0.5) is 16.4 Å². The number of hydrogen-bond acceptors (Lipinski definition) is 20. The zero-order valence-corrected chi connectivity index (χ0v) is 39.3. The third kappa shape index (κ3) is 11.3. The molecule has 0 saturated carbocycles. The Kier molecular flexibility index (Phi) is 15.7. The normalized spacial score (nSPS) is 20.8. The number of amides is 4. The van der Waals surface area contributed by atoms with Gasteiger partial charge in [-0.25, -0.2) is 29.1 Å². The molecule has 28 heteroatoms. The predicted molar refractivity (Wildman–Crippen MR) is 250 cm³/mol. The number of nitrogens with two attached hydrogens (primary N) is 2. The number of Topliss-reactive ketones (excluding diaryl/α,β-unsaturated/α-hetero) is 2. The van der Waals surface area contributed by atoms with E-state index in [1.807, 2.05) is 0 Å². The van der Waals surface area contributed by atoms with E-state index in [-0.39, 0.29) is 96.3 Å². The van der Waals surface area contributed by atoms with Gasteiger partial charge in [-0.1, -0.05) is 0 Å². The van der Waals surface area contributed by atoms with E-state index >= 15 is 0 Å². The van der Waals surface area contributed by atoms with E-state index in [0.717, 1.165) is 0 Å². The lowest BCUT2D eigenvalue weighted by Gasteiger charge is -2.39. The highest BCUT2D eigenvalue weighted by Crippen LogP contribution is 2.55. The number of allylic oxidation sites excluding steroid dienone is 2. The number of carbonyl (C=O) groups excluding carboxylic acids is 6. The van der Waals surface area contributed by atoms with Gasteiger partial charge in [-0.2, -0.15) is 4.98 Å². The van der Waals surface area contributed by atoms with E-state index in [9.17, 15) is 63.3 Å². The number of hydrogen-bond donors (Lipinski definition) is 12. The molecule has 2 fully saturated rings. The van der Waals surface area contributed by atoms with Gasteiger partial charge in [0.25, 0.3) is 11.5 Å². The average Bonchev–Trinajstić information content (AvgIpc) is 3.96. The van der Waals surface area contributed by atoms with Crippen LogP contribution < -0.4 is 48.9 Å². The van der Waals surface area contributed by atoms with Gasteiger partial charge in [-0.15, -0.1) is 0 Å². The monoisotopic (exact) mass is 1020 g/mol. The van der Waals surface area contributed by atoms with Crippen LogP contribution >= 0.6 is 0 Å². The fourth-order valence-electron chi connectivity index (χ4n) is 9.28. The third-order valence-electron chi connectivity index (χ3n) is 12.9. The van der Waals surface area contributed by atoms with E-state index in [1.54, 1.807) is 4.90 Å². The molecule has 1 aliphatic carbocycles. The SMILES string of the molecule is CO[C@@]12[C@H](COC(N)=O)C3=C(C(=O)C(C)=C(NCCCCC(NC(=O)CCC(NC(=O)CCC(NC(=O)c4ccc(NCc5cnc6nc(N)[nH]c(=O)c6n5)cc4)C(=O)O)C(=O)O)C(=O)O)C3=O)N1CC1N[C@@H]12. The van der Waals surface area contributed by atoms with Gasteiger partial charge in [0, 0.05) is 61.5 Å². The highest BCUT2D eigenvalue weighted by Gasteiger charge is 2.72. The number of nitrogens with zero attached hydrogens (tertiary/aromatic N) is 4. The summed E-state index contributed by atoms with van der Waals surface area (Å²) in [4.78, 5) is 143. The number of ether oxygens (including phenoxy) is 2. The Morgan fingerprint density at radius 1 is 0.863 bits per heavy atom. The van der Waals surface area contributed by atoms with Crippen molar-refractivity contribution >= 4 is 76.1 Å². The maximum Gasteiger partial charge on any atom is 0.404 e. The van der Waals surface area contributed by atoms with Crippen molar-refractivity contribution in [3.63, 3.8) is 0 Å². The van der Waals surface area contributed by atoms with Crippen molar-refractivity contribution in [2.45, 2.75) is 94.3 Å². The summed E-state index contributed by atoms with van der Waals surface area (Å²) in [5.41, 5.74) is 10.7. The Labute approximate surface area is 413 Å². The molecule has 4 aliphatic rings. The Hall–Kier alpha value is -8.53. The molecule has 7 atom stereocenters. The summed E-state index contributed by atoms with van der Waals surface area (Å²) in [5.74, 6) is -8.67. The topological polar surface area (TPSA) is 442 Å². The van der Waals surface area contributed by atoms with E-state index in [2.05, 4.69) is 51.8 Å². The van der Waals surface area contributed by atoms with Crippen LogP contribution in [0.3, 0.4) is 0 Å². The van der Waals surface area contributed by atoms with Crippen LogP contribution in [0.5, 0.6) is 0 Å². The Bertz CT molecular complexity index is 2890. The number of methoxy groups -OCH3 is 1. The number of aromatic amines is 1. The number of fused-ring (bicyclic) bond motifs is 5. The fraction of sp³-hybridized carbons (Fsp3) is 0.444. The number of aromatic nitrogens is 4. The maximum absolute atomic E-state index is 14.0. The lowest BCUT2D eigenvalue weighted by Crippen LogP contribution is -2.55. The lowest BCUT2D eigenvalue weighted by molar-refractivity contribution is -0.143. The van der Waals surface area contributed by atoms with Crippen LogP contribution in [0, 0.1) is 5.92 Å². The molecule has 2 saturated heterocycles. The average molecular weight is 1020 g/mol. The minimum Gasteiger partial charge on any atom is -0.480 e. The molecule has 3 aliphatic heterocycles. The van der Waals surface area contributed by atoms with Gasteiger partial charge in [0.1, 0.15) is 24.7 Å². The maximum atomic E-state index is 14.0. The molecule has 2 aromatic heterocycles. The number of piperazine rings is 1. The molecule has 388 valence electrons. The number of carbonyl (C=O) groups is 9. The number of H-pyrrole nitrogens is 1. The van der Waals surface area contributed by atoms with Gasteiger partial charge in [0.05, 0.1) is 41.8 Å². The Morgan fingerprint density at radius 3 is 2.11 bits per heavy atom. The third-order valence-corrected chi connectivity index (χ3v) is 12.9. The van der Waals surface area contributed by atoms with Crippen molar-refractivity contribution in [1.82, 2.24) is 51.4 Å². The van der Waals surface area contributed by atoms with Gasteiger partial charge >= 0.3 is 24.0 Å². The molecular formula is C45H53N13O15. The second kappa shape index (κ2) is 21.9. The fourth-order valence-corrected chi connectivity index (χ4v) is 9.28. The Morgan fingerprint density at radius 2 is 1.49 bits per heavy atom. The molecule has 28 nitrogen and oxygen atoms in total. The number of anilines is 2. The molecule has 5 heterocycles. The van der Waals surface area contributed by atoms with E-state index in [1.165, 1.54) is 44.5 Å². The quantitative estimate of drug-likeness (QED) is 0.0247. The molecule has 4 unspecified atom stereocenters. The van der Waals surface area contributed by atoms with Crippen molar-refractivity contribution in [2.75, 3.05) is 37.9 Å². The number of rotatable bonds is 25. The van der Waals surface area contributed by atoms with E-state index < -0.39 is 114 Å². The molecular weight excluding hydrogens is 963 g/mol. The molecule has 1 aromatic carbocycles. The molecule has 14 N–H and O–H groups in total. The van der Waals surface area contributed by atoms with Crippen molar-refractivity contribution in [3.8, 4) is 0 Å². The number of nitrogens with one attached hydrogen (secondary N) is 7. The number of primary amides is 1. The standard InChI is InChI=1S/C45H53N13O15/c1-19-31(35(62)30-23(18-73-44(47)71)45(72-2)36-27(54-36)17-58(45)33(30)34(19)61)48-14-4-3-5-24(40(65)66)52-28(59)12-10-25(41(67)68)53-29(60)13-11-26(42(69)70)55-38(63)20-6-8-21(9-7-20)49-15-22-16-50-37-32(51-22)39(64)57-43(46)56-37/h6-9,16,23-27,36,48-49,54H,3-5,10-15,17-18H2,1-2H3,(H2,47,71)(H,52,59)(H,53,60)(H,55,63)(H,65,66)(H,67,68)(H,69,70)(H3,46,50,56,57,64)/t23-,24?,25?,26?,27?,36+,45-/m1/s1. The number of benzene rings is 1. The van der Waals surface area contributed by atoms with Gasteiger partial charge in [0.2, 0.25) is 29.3 Å². The minimum absolute atomic E-state index is 0.00537. The Balaban J connectivity index is 0.828. The summed E-state index contributed by atoms with van der Waals surface area (Å²) >= 11 is 0. The molecule has 0 radical (unpaired) electrons. The van der Waals surface area contributed by atoms with Gasteiger partial charge in [-0.3, -0.25) is 33.8 Å². The first-order valence-corrected chi connectivity index (χ1v) is 23.0. The molecule has 73 heavy (non-hydrogen) atoms. The summed E-state index contributed by atoms with van der Waals surface area (Å²) in [6, 6.07) is 1.13. The summed E-state index contributed by atoms with van der Waals surface area (Å²) in [6.07, 6.45) is -1.14. The molecule has 4 amide bonds. The summed E-state index contributed by atoms with van der Waals surface area (Å²) in [5, 5.41) is 45.6. The highest BCUT2D eigenvalue weighted by molar-refractivity contribution is 6.25. The number of ketones is 2. The highest BCUT2D eigenvalue weighted by atomic mass is 16.6. The van der Waals surface area contributed by atoms with Crippen molar-refractivity contribution in [2.24, 2.45) is 11.7 Å². The number of carboxylic acid groups (broad SMARTS) is 3. The number of nitrogen functional groups attached to an aromatic ring is 1. The van der Waals surface area contributed by atoms with Crippen molar-refractivity contribution in [1.29, 1.82) is 0 Å². The van der Waals surface area contributed by atoms with Gasteiger partial charge in [-0.05, 0) is 63.3 Å². The van der Waals surface area contributed by atoms with Gasteiger partial charge in [0.15, 0.2) is 16.9 Å². The summed E-state index contributed by atoms with van der Waals surface area (Å²) in [6.45, 7) is 1.86. The number of carboxylic acids is 3. The van der Waals surface area contributed by atoms with Crippen LogP contribution in [-0.4, -0.2) is 156 Å². The largest absolute Gasteiger partial charge is 0.480 e. The van der Waals surface area contributed by atoms with Crippen LogP contribution in [0.1, 0.15) is 67.9 Å². The molecule has 3 aromatic rings. The predicted octanol–water partition coefficient (Wildman–Crippen LogP) is -2.05. The first-order chi connectivity index (χ1) is 34.7. The van der Waals surface area contributed by atoms with Crippen LogP contribution in [0.15, 0.2) is 57.8 Å². The summed E-state index contributed by atoms with van der Waals surface area (Å²) in [7, 11) is 1.45. The smallest absolute Gasteiger partial charge is 0.404 e. The van der Waals surface area contributed by atoms with E-state index in [0.29, 0.717) is 17.9 Å². The second-order valence-corrected chi connectivity index (χ2v) is 17.6. The second-order valence-electron chi connectivity index (χ2n) is 17.6. The summed E-state index contributed by atoms with van der Waals surface area (Å²) < 4.78 is 11.1. The molecule has 0 spiro atoms. The van der Waals surface area contributed by atoms with Gasteiger partial charge < -0.3 is 73.1 Å². The minimum atomic E-state index is -1.61. The first kappa shape index (κ1) is 52.3. The van der Waals surface area contributed by atoms with Crippen LogP contribution in [0.2, 0.25) is 0 Å². The van der Waals surface area contributed by atoms with E-state index in [4.69, 9.17) is 20.9 Å². The first-order valence-electron chi connectivity index (χ1n) is 23.0. The van der Waals surface area contributed by atoms with Crippen LogP contribution in [-0.2, 0) is 49.6 Å². The zero-order valence-electron chi connectivity index (χ0n) is 39.3. The van der Waals surface area contributed by atoms with Crippen LogP contribution in [0.25, 0.3) is 11.2 Å². The number of unbranched alkanes of at least 4 members (excludes halogenated alkanes) is 1. The molecule has 7 rings (SSSR count). The zero-order chi connectivity index (χ0) is 52.9. The number of aliphatic carboxylic acids is 3. The molecule has 0 bridgehead atoms.